The van der Waals surface area contributed by atoms with Crippen molar-refractivity contribution in [2.45, 2.75) is 39.0 Å². The second kappa shape index (κ2) is 9.40. The van der Waals surface area contributed by atoms with E-state index in [1.807, 2.05) is 18.2 Å². The predicted octanol–water partition coefficient (Wildman–Crippen LogP) is 4.42. The Bertz CT molecular complexity index is 916. The van der Waals surface area contributed by atoms with Crippen molar-refractivity contribution in [2.75, 3.05) is 18.0 Å². The van der Waals surface area contributed by atoms with Crippen LogP contribution in [0.1, 0.15) is 44.6 Å². The predicted molar refractivity (Wildman–Crippen MR) is 122 cm³/mol. The molecule has 0 bridgehead atoms. The van der Waals surface area contributed by atoms with Crippen molar-refractivity contribution >= 4 is 73.3 Å². The van der Waals surface area contributed by atoms with E-state index in [1.54, 1.807) is 4.90 Å². The van der Waals surface area contributed by atoms with Crippen molar-refractivity contribution in [2.24, 2.45) is 0 Å². The SMILES string of the molecule is CCCCCCN1C(=O)/C(=C2/SC(=S)N(CCC(=O)O)C2=O)c2cc(Br)ccc21. The van der Waals surface area contributed by atoms with Crippen molar-refractivity contribution < 1.29 is 19.5 Å². The number of anilines is 1. The maximum atomic E-state index is 13.3. The van der Waals surface area contributed by atoms with Crippen LogP contribution in [-0.4, -0.2) is 45.2 Å². The Balaban J connectivity index is 1.95. The van der Waals surface area contributed by atoms with Gasteiger partial charge in [0.25, 0.3) is 11.8 Å². The molecule has 3 rings (SSSR count). The molecule has 1 N–H and O–H groups in total. The summed E-state index contributed by atoms with van der Waals surface area (Å²) < 4.78 is 1.10. The molecule has 0 unspecified atom stereocenters. The van der Waals surface area contributed by atoms with Gasteiger partial charge >= 0.3 is 5.97 Å². The molecule has 0 spiro atoms. The Labute approximate surface area is 187 Å². The Morgan fingerprint density at radius 3 is 2.59 bits per heavy atom. The molecule has 0 saturated carbocycles. The number of unbranched alkanes of at least 4 members (excludes halogenated alkanes) is 3. The van der Waals surface area contributed by atoms with Crippen molar-refractivity contribution in [3.05, 3.63) is 33.1 Å². The van der Waals surface area contributed by atoms with Gasteiger partial charge in [0.2, 0.25) is 0 Å². The zero-order chi connectivity index (χ0) is 21.1. The smallest absolute Gasteiger partial charge is 0.305 e. The van der Waals surface area contributed by atoms with Gasteiger partial charge < -0.3 is 10.0 Å². The molecule has 2 aliphatic rings. The minimum absolute atomic E-state index is 0.00293. The molecular weight excluding hydrogens is 476 g/mol. The monoisotopic (exact) mass is 496 g/mol. The molecule has 154 valence electrons. The number of aliphatic carboxylic acids is 1. The zero-order valence-corrected chi connectivity index (χ0v) is 19.2. The van der Waals surface area contributed by atoms with E-state index >= 15 is 0 Å². The van der Waals surface area contributed by atoms with Crippen LogP contribution in [0, 0.1) is 0 Å². The number of fused-ring (bicyclic) bond motifs is 1. The number of hydrogen-bond donors (Lipinski definition) is 1. The van der Waals surface area contributed by atoms with Gasteiger partial charge in [-0.1, -0.05) is 66.1 Å². The van der Waals surface area contributed by atoms with Crippen molar-refractivity contribution in [1.82, 2.24) is 4.90 Å². The summed E-state index contributed by atoms with van der Waals surface area (Å²) in [7, 11) is 0. The summed E-state index contributed by atoms with van der Waals surface area (Å²) >= 11 is 9.80. The molecule has 0 atom stereocenters. The first-order chi connectivity index (χ1) is 13.8. The molecule has 1 saturated heterocycles. The maximum absolute atomic E-state index is 13.3. The lowest BCUT2D eigenvalue weighted by Crippen LogP contribution is -2.31. The number of rotatable bonds is 8. The summed E-state index contributed by atoms with van der Waals surface area (Å²) in [5.74, 6) is -1.60. The van der Waals surface area contributed by atoms with Gasteiger partial charge in [-0.15, -0.1) is 0 Å². The first kappa shape index (κ1) is 22.0. The third kappa shape index (κ3) is 4.57. The second-order valence-electron chi connectivity index (χ2n) is 6.85. The van der Waals surface area contributed by atoms with Gasteiger partial charge in [-0.25, -0.2) is 0 Å². The number of thioether (sulfide) groups is 1. The number of hydrogen-bond acceptors (Lipinski definition) is 5. The number of halogens is 1. The molecule has 1 aromatic rings. The quantitative estimate of drug-likeness (QED) is 0.326. The lowest BCUT2D eigenvalue weighted by Gasteiger charge is -2.17. The molecule has 1 fully saturated rings. The van der Waals surface area contributed by atoms with E-state index in [0.29, 0.717) is 17.7 Å². The van der Waals surface area contributed by atoms with Crippen LogP contribution in [-0.2, 0) is 14.4 Å². The molecule has 1 aromatic carbocycles. The number of benzene rings is 1. The van der Waals surface area contributed by atoms with Crippen LogP contribution in [0.3, 0.4) is 0 Å². The van der Waals surface area contributed by atoms with Crippen molar-refractivity contribution in [3.8, 4) is 0 Å². The molecule has 2 aliphatic heterocycles. The van der Waals surface area contributed by atoms with E-state index in [1.165, 1.54) is 4.90 Å². The fraction of sp³-hybridized carbons (Fsp3) is 0.400. The first-order valence-electron chi connectivity index (χ1n) is 9.46. The highest BCUT2D eigenvalue weighted by Gasteiger charge is 2.41. The number of thiocarbonyl (C=S) groups is 1. The fourth-order valence-corrected chi connectivity index (χ4v) is 5.13. The van der Waals surface area contributed by atoms with Gasteiger partial charge in [0.1, 0.15) is 4.32 Å². The lowest BCUT2D eigenvalue weighted by molar-refractivity contribution is -0.137. The molecule has 2 heterocycles. The van der Waals surface area contributed by atoms with E-state index in [-0.39, 0.29) is 28.1 Å². The Morgan fingerprint density at radius 2 is 1.90 bits per heavy atom. The summed E-state index contributed by atoms with van der Waals surface area (Å²) in [4.78, 5) is 40.4. The van der Waals surface area contributed by atoms with Crippen LogP contribution in [0.4, 0.5) is 5.69 Å². The molecule has 0 aromatic heterocycles. The fourth-order valence-electron chi connectivity index (χ4n) is 3.39. The minimum Gasteiger partial charge on any atom is -0.481 e. The van der Waals surface area contributed by atoms with Crippen LogP contribution in [0.5, 0.6) is 0 Å². The van der Waals surface area contributed by atoms with E-state index in [0.717, 1.165) is 47.6 Å². The van der Waals surface area contributed by atoms with Gasteiger partial charge in [-0.2, -0.15) is 0 Å². The largest absolute Gasteiger partial charge is 0.481 e. The summed E-state index contributed by atoms with van der Waals surface area (Å²) in [6.45, 7) is 2.73. The Kier molecular flexibility index (Phi) is 7.13. The zero-order valence-electron chi connectivity index (χ0n) is 15.9. The van der Waals surface area contributed by atoms with E-state index < -0.39 is 11.9 Å². The third-order valence-corrected chi connectivity index (χ3v) is 6.78. The van der Waals surface area contributed by atoms with Crippen LogP contribution in [0.2, 0.25) is 0 Å². The van der Waals surface area contributed by atoms with Gasteiger partial charge in [-0.05, 0) is 24.6 Å². The molecule has 29 heavy (non-hydrogen) atoms. The van der Waals surface area contributed by atoms with E-state index in [2.05, 4.69) is 22.9 Å². The molecule has 6 nitrogen and oxygen atoms in total. The summed E-state index contributed by atoms with van der Waals surface area (Å²) in [5.41, 5.74) is 1.85. The van der Waals surface area contributed by atoms with Crippen LogP contribution in [0.25, 0.3) is 5.57 Å². The molecule has 9 heteroatoms. The van der Waals surface area contributed by atoms with Crippen LogP contribution < -0.4 is 4.90 Å². The number of carboxylic acid groups (broad SMARTS) is 1. The maximum Gasteiger partial charge on any atom is 0.305 e. The summed E-state index contributed by atoms with van der Waals surface area (Å²) in [6, 6.07) is 5.61. The third-order valence-electron chi connectivity index (χ3n) is 4.84. The highest BCUT2D eigenvalue weighted by atomic mass is 79.9. The minimum atomic E-state index is -1.00. The number of amides is 2. The Hall–Kier alpha value is -1.71. The van der Waals surface area contributed by atoms with Gasteiger partial charge in [-0.3, -0.25) is 19.3 Å². The van der Waals surface area contributed by atoms with E-state index in [4.69, 9.17) is 17.3 Å². The molecular formula is C20H21BrN2O4S2. The first-order valence-corrected chi connectivity index (χ1v) is 11.5. The average molecular weight is 497 g/mol. The summed E-state index contributed by atoms with van der Waals surface area (Å²) in [6.07, 6.45) is 3.96. The summed E-state index contributed by atoms with van der Waals surface area (Å²) in [5, 5.41) is 8.92. The Morgan fingerprint density at radius 1 is 1.14 bits per heavy atom. The number of carboxylic acids is 1. The number of nitrogens with zero attached hydrogens (tertiary/aromatic N) is 2. The molecule has 0 aliphatic carbocycles. The van der Waals surface area contributed by atoms with E-state index in [9.17, 15) is 14.4 Å². The topological polar surface area (TPSA) is 77.9 Å². The molecule has 0 radical (unpaired) electrons. The van der Waals surface area contributed by atoms with Gasteiger partial charge in [0.05, 0.1) is 22.6 Å². The second-order valence-corrected chi connectivity index (χ2v) is 9.41. The lowest BCUT2D eigenvalue weighted by atomic mass is 10.1. The van der Waals surface area contributed by atoms with Crippen LogP contribution in [0.15, 0.2) is 27.6 Å². The van der Waals surface area contributed by atoms with Gasteiger partial charge in [0, 0.05) is 23.1 Å². The van der Waals surface area contributed by atoms with Crippen molar-refractivity contribution in [1.29, 1.82) is 0 Å². The number of carbonyl (C=O) groups excluding carboxylic acids is 2. The standard InChI is InChI=1S/C20H21BrN2O4S2/c1-2-3-4-5-9-22-14-7-6-12(21)11-13(14)16(18(22)26)17-19(27)23(20(28)29-17)10-8-15(24)25/h6-7,11H,2-5,8-10H2,1H3,(H,24,25)/b17-16+. The molecule has 2 amide bonds. The normalized spacial score (nSPS) is 18.8. The highest BCUT2D eigenvalue weighted by molar-refractivity contribution is 9.10. The highest BCUT2D eigenvalue weighted by Crippen LogP contribution is 2.45. The van der Waals surface area contributed by atoms with Gasteiger partial charge in [0.15, 0.2) is 0 Å². The van der Waals surface area contributed by atoms with Crippen LogP contribution >= 0.6 is 39.9 Å². The average Bonchev–Trinajstić information content (AvgIpc) is 3.09. The number of carbonyl (C=O) groups is 3. The van der Waals surface area contributed by atoms with Crippen molar-refractivity contribution in [3.63, 3.8) is 0 Å².